The molecule has 1 atom stereocenters. The Kier molecular flexibility index (Phi) is 3.75. The third-order valence-corrected chi connectivity index (χ3v) is 3.98. The van der Waals surface area contributed by atoms with E-state index in [0.717, 1.165) is 16.8 Å². The summed E-state index contributed by atoms with van der Waals surface area (Å²) in [5, 5.41) is 19.8. The maximum atomic E-state index is 10.5. The molecule has 0 aliphatic rings. The molecule has 17 heavy (non-hydrogen) atoms. The van der Waals surface area contributed by atoms with Crippen LogP contribution >= 0.6 is 23.1 Å². The monoisotopic (exact) mass is 270 g/mol. The average molecular weight is 270 g/mol. The minimum atomic E-state index is -0.869. The lowest BCUT2D eigenvalue weighted by Crippen LogP contribution is -2.08. The molecule has 0 amide bonds. The number of thioether (sulfide) groups is 1. The first-order valence-electron chi connectivity index (χ1n) is 4.82. The van der Waals surface area contributed by atoms with E-state index in [9.17, 15) is 4.79 Å². The lowest BCUT2D eigenvalue weighted by Gasteiger charge is -2.11. The van der Waals surface area contributed by atoms with Gasteiger partial charge in [0.15, 0.2) is 5.16 Å². The molecule has 2 aromatic rings. The van der Waals surface area contributed by atoms with Gasteiger partial charge in [-0.2, -0.15) is 0 Å². The molecule has 0 radical (unpaired) electrons. The molecule has 0 saturated heterocycles. The Labute approximate surface area is 106 Å². The van der Waals surface area contributed by atoms with Crippen LogP contribution in [0.1, 0.15) is 18.0 Å². The molecule has 0 spiro atoms. The molecular formula is C9H10N4O2S2. The predicted octanol–water partition coefficient (Wildman–Crippen LogP) is 1.52. The van der Waals surface area contributed by atoms with Crippen molar-refractivity contribution in [3.63, 3.8) is 0 Å². The number of rotatable bonds is 5. The van der Waals surface area contributed by atoms with E-state index in [4.69, 9.17) is 5.11 Å². The van der Waals surface area contributed by atoms with Gasteiger partial charge < -0.3 is 5.11 Å². The predicted molar refractivity (Wildman–Crippen MR) is 64.3 cm³/mol. The summed E-state index contributed by atoms with van der Waals surface area (Å²) < 4.78 is 1.83. The van der Waals surface area contributed by atoms with Gasteiger partial charge in [0, 0.05) is 11.6 Å². The topological polar surface area (TPSA) is 80.9 Å². The number of hydrogen-bond donors (Lipinski definition) is 1. The van der Waals surface area contributed by atoms with Gasteiger partial charge in [-0.3, -0.25) is 9.36 Å². The van der Waals surface area contributed by atoms with Gasteiger partial charge in [0.05, 0.1) is 11.8 Å². The highest BCUT2D eigenvalue weighted by atomic mass is 32.2. The Morgan fingerprint density at radius 1 is 1.71 bits per heavy atom. The molecule has 0 saturated carbocycles. The summed E-state index contributed by atoms with van der Waals surface area (Å²) >= 11 is 2.70. The fraction of sp³-hybridized carbons (Fsp3) is 0.333. The zero-order valence-electron chi connectivity index (χ0n) is 8.98. The second-order valence-electron chi connectivity index (χ2n) is 3.25. The highest BCUT2D eigenvalue weighted by molar-refractivity contribution is 7.99. The van der Waals surface area contributed by atoms with E-state index in [1.807, 2.05) is 16.9 Å². The summed E-state index contributed by atoms with van der Waals surface area (Å²) in [6, 6.07) is 0.0151. The Morgan fingerprint density at radius 2 is 2.53 bits per heavy atom. The van der Waals surface area contributed by atoms with Crippen LogP contribution in [0.5, 0.6) is 0 Å². The first-order chi connectivity index (χ1) is 8.18. The summed E-state index contributed by atoms with van der Waals surface area (Å²) in [5.41, 5.74) is 0. The average Bonchev–Trinajstić information content (AvgIpc) is 2.96. The molecule has 6 nitrogen and oxygen atoms in total. The molecule has 0 aromatic carbocycles. The molecule has 2 heterocycles. The Balaban J connectivity index is 2.16. The molecule has 1 N–H and O–H groups in total. The highest BCUT2D eigenvalue weighted by Gasteiger charge is 2.16. The minimum absolute atomic E-state index is 0.0151. The second kappa shape index (κ2) is 5.28. The van der Waals surface area contributed by atoms with Crippen molar-refractivity contribution in [1.29, 1.82) is 0 Å². The fourth-order valence-corrected chi connectivity index (χ4v) is 2.69. The molecule has 8 heteroatoms. The van der Waals surface area contributed by atoms with E-state index in [-0.39, 0.29) is 11.8 Å². The quantitative estimate of drug-likeness (QED) is 0.830. The van der Waals surface area contributed by atoms with Crippen LogP contribution in [0.3, 0.4) is 0 Å². The number of carboxylic acid groups (broad SMARTS) is 1. The summed E-state index contributed by atoms with van der Waals surface area (Å²) in [4.78, 5) is 14.7. The van der Waals surface area contributed by atoms with Crippen molar-refractivity contribution in [3.05, 3.63) is 22.9 Å². The first-order valence-corrected chi connectivity index (χ1v) is 6.68. The van der Waals surface area contributed by atoms with Gasteiger partial charge in [0.1, 0.15) is 11.3 Å². The Bertz CT molecular complexity index is 497. The number of aliphatic carboxylic acids is 1. The third kappa shape index (κ3) is 2.83. The lowest BCUT2D eigenvalue weighted by atomic mass is 10.3. The summed E-state index contributed by atoms with van der Waals surface area (Å²) in [6.07, 6.45) is 3.33. The van der Waals surface area contributed by atoms with E-state index >= 15 is 0 Å². The third-order valence-electron chi connectivity index (χ3n) is 2.09. The largest absolute Gasteiger partial charge is 0.481 e. The zero-order valence-corrected chi connectivity index (χ0v) is 10.6. The molecule has 2 aromatic heterocycles. The van der Waals surface area contributed by atoms with Crippen molar-refractivity contribution >= 4 is 29.1 Å². The SMILES string of the molecule is CC(c1nccs1)n1cnnc1SCC(=O)O. The molecule has 0 fully saturated rings. The van der Waals surface area contributed by atoms with Gasteiger partial charge in [-0.1, -0.05) is 11.8 Å². The van der Waals surface area contributed by atoms with Crippen molar-refractivity contribution in [2.75, 3.05) is 5.75 Å². The Morgan fingerprint density at radius 3 is 3.18 bits per heavy atom. The van der Waals surface area contributed by atoms with Crippen LogP contribution in [-0.2, 0) is 4.79 Å². The van der Waals surface area contributed by atoms with Crippen molar-refractivity contribution in [3.8, 4) is 0 Å². The van der Waals surface area contributed by atoms with Crippen LogP contribution in [0.2, 0.25) is 0 Å². The van der Waals surface area contributed by atoms with Crippen LogP contribution in [0.4, 0.5) is 0 Å². The summed E-state index contributed by atoms with van der Waals surface area (Å²) in [5.74, 6) is -0.894. The maximum Gasteiger partial charge on any atom is 0.313 e. The number of nitrogens with zero attached hydrogens (tertiary/aromatic N) is 4. The first kappa shape index (κ1) is 12.1. The molecular weight excluding hydrogens is 260 g/mol. The van der Waals surface area contributed by atoms with Crippen LogP contribution in [0.15, 0.2) is 23.1 Å². The lowest BCUT2D eigenvalue weighted by molar-refractivity contribution is -0.133. The molecule has 2 rings (SSSR count). The van der Waals surface area contributed by atoms with Crippen molar-refractivity contribution < 1.29 is 9.90 Å². The number of hydrogen-bond acceptors (Lipinski definition) is 6. The minimum Gasteiger partial charge on any atom is -0.481 e. The number of carbonyl (C=O) groups is 1. The number of thiazole rings is 1. The summed E-state index contributed by atoms with van der Waals surface area (Å²) in [6.45, 7) is 1.98. The smallest absolute Gasteiger partial charge is 0.313 e. The van der Waals surface area contributed by atoms with E-state index in [1.165, 1.54) is 0 Å². The fourth-order valence-electron chi connectivity index (χ4n) is 1.29. The zero-order chi connectivity index (χ0) is 12.3. The van der Waals surface area contributed by atoms with Crippen LogP contribution in [-0.4, -0.2) is 36.6 Å². The molecule has 0 aliphatic carbocycles. The van der Waals surface area contributed by atoms with Crippen molar-refractivity contribution in [2.45, 2.75) is 18.1 Å². The molecule has 0 aliphatic heterocycles. The van der Waals surface area contributed by atoms with Gasteiger partial charge >= 0.3 is 5.97 Å². The van der Waals surface area contributed by atoms with E-state index < -0.39 is 5.97 Å². The highest BCUT2D eigenvalue weighted by Crippen LogP contribution is 2.24. The molecule has 1 unspecified atom stereocenters. The summed E-state index contributed by atoms with van der Waals surface area (Å²) in [7, 11) is 0. The van der Waals surface area contributed by atoms with Crippen molar-refractivity contribution in [2.24, 2.45) is 0 Å². The normalized spacial score (nSPS) is 12.5. The maximum absolute atomic E-state index is 10.5. The van der Waals surface area contributed by atoms with Crippen molar-refractivity contribution in [1.82, 2.24) is 19.7 Å². The van der Waals surface area contributed by atoms with Gasteiger partial charge in [-0.25, -0.2) is 4.98 Å². The van der Waals surface area contributed by atoms with Crippen LogP contribution < -0.4 is 0 Å². The standard InChI is InChI=1S/C9H10N4O2S2/c1-6(8-10-2-3-16-8)13-5-11-12-9(13)17-4-7(14)15/h2-3,5-6H,4H2,1H3,(H,14,15). The second-order valence-corrected chi connectivity index (χ2v) is 5.12. The van der Waals surface area contributed by atoms with Gasteiger partial charge in [-0.05, 0) is 6.92 Å². The van der Waals surface area contributed by atoms with E-state index in [2.05, 4.69) is 15.2 Å². The van der Waals surface area contributed by atoms with Gasteiger partial charge in [0.25, 0.3) is 0 Å². The van der Waals surface area contributed by atoms with Crippen LogP contribution in [0, 0.1) is 0 Å². The molecule has 90 valence electrons. The van der Waals surface area contributed by atoms with Crippen LogP contribution in [0.25, 0.3) is 0 Å². The number of aromatic nitrogens is 4. The van der Waals surface area contributed by atoms with E-state index in [0.29, 0.717) is 5.16 Å². The van der Waals surface area contributed by atoms with Gasteiger partial charge in [0.2, 0.25) is 0 Å². The molecule has 0 bridgehead atoms. The van der Waals surface area contributed by atoms with E-state index in [1.54, 1.807) is 23.9 Å². The van der Waals surface area contributed by atoms with Gasteiger partial charge in [-0.15, -0.1) is 21.5 Å². The number of carboxylic acids is 1. The Hall–Kier alpha value is -1.41.